The van der Waals surface area contributed by atoms with Crippen molar-refractivity contribution in [1.82, 2.24) is 15.2 Å². The van der Waals surface area contributed by atoms with E-state index >= 15 is 0 Å². The zero-order chi connectivity index (χ0) is 6.97. The van der Waals surface area contributed by atoms with Crippen molar-refractivity contribution in [2.75, 3.05) is 0 Å². The topological polar surface area (TPSA) is 41.6 Å². The predicted octanol–water partition coefficient (Wildman–Crippen LogP) is 1.61. The summed E-state index contributed by atoms with van der Waals surface area (Å²) in [6.07, 6.45) is 4.99. The molecule has 2 heterocycles. The van der Waals surface area contributed by atoms with E-state index in [1.54, 1.807) is 18.6 Å². The molecule has 2 aromatic heterocycles. The van der Waals surface area contributed by atoms with Crippen molar-refractivity contribution in [1.29, 1.82) is 0 Å². The van der Waals surface area contributed by atoms with Crippen LogP contribution in [0.25, 0.3) is 10.9 Å². The third kappa shape index (κ3) is 0.675. The molecule has 4 heteroatoms. The highest BCUT2D eigenvalue weighted by Gasteiger charge is 1.98. The number of fused-ring (bicyclic) bond motifs is 1. The Balaban J connectivity index is 2.95. The minimum Gasteiger partial charge on any atom is -0.276 e. The molecule has 0 saturated carbocycles. The molecule has 0 aliphatic heterocycles. The molecule has 0 aromatic carbocycles. The highest BCUT2D eigenvalue weighted by molar-refractivity contribution is 6.34. The molecule has 0 unspecified atom stereocenters. The molecule has 0 atom stereocenters. The maximum atomic E-state index is 5.76. The van der Waals surface area contributed by atoms with Gasteiger partial charge in [-0.1, -0.05) is 11.6 Å². The van der Waals surface area contributed by atoms with Crippen LogP contribution in [0.2, 0.25) is 5.02 Å². The minimum absolute atomic E-state index is 0.606. The van der Waals surface area contributed by atoms with Crippen molar-refractivity contribution in [2.45, 2.75) is 0 Å². The Morgan fingerprint density at radius 3 is 3.00 bits per heavy atom. The van der Waals surface area contributed by atoms with E-state index in [-0.39, 0.29) is 0 Å². The van der Waals surface area contributed by atoms with Gasteiger partial charge in [-0.2, -0.15) is 5.10 Å². The minimum atomic E-state index is 0.606. The van der Waals surface area contributed by atoms with Gasteiger partial charge in [0.05, 0.1) is 16.7 Å². The van der Waals surface area contributed by atoms with Crippen LogP contribution in [0.1, 0.15) is 0 Å². The highest BCUT2D eigenvalue weighted by Crippen LogP contribution is 2.17. The van der Waals surface area contributed by atoms with Crippen LogP contribution >= 0.6 is 11.6 Å². The van der Waals surface area contributed by atoms with Gasteiger partial charge in [-0.05, 0) is 0 Å². The fourth-order valence-corrected chi connectivity index (χ4v) is 1.04. The Morgan fingerprint density at radius 1 is 1.30 bits per heavy atom. The van der Waals surface area contributed by atoms with Crippen LogP contribution in [0.3, 0.4) is 0 Å². The van der Waals surface area contributed by atoms with Gasteiger partial charge in [-0.3, -0.25) is 10.1 Å². The number of hydrogen-bond donors (Lipinski definition) is 1. The van der Waals surface area contributed by atoms with Crippen LogP contribution in [0, 0.1) is 0 Å². The van der Waals surface area contributed by atoms with Crippen LogP contribution < -0.4 is 0 Å². The van der Waals surface area contributed by atoms with E-state index in [0.717, 1.165) is 10.9 Å². The summed E-state index contributed by atoms with van der Waals surface area (Å²) in [5, 5.41) is 8.12. The lowest BCUT2D eigenvalue weighted by Gasteiger charge is -1.88. The average Bonchev–Trinajstić information content (AvgIpc) is 2.36. The molecule has 0 bridgehead atoms. The average molecular weight is 154 g/mol. The highest BCUT2D eigenvalue weighted by atomic mass is 35.5. The second kappa shape index (κ2) is 1.95. The molecule has 0 amide bonds. The van der Waals surface area contributed by atoms with Crippen LogP contribution in [-0.2, 0) is 0 Å². The molecule has 3 nitrogen and oxygen atoms in total. The summed E-state index contributed by atoms with van der Waals surface area (Å²) in [4.78, 5) is 3.89. The molecule has 2 aromatic rings. The number of nitrogens with one attached hydrogen (secondary N) is 1. The molecule has 0 spiro atoms. The van der Waals surface area contributed by atoms with E-state index < -0.39 is 0 Å². The third-order valence-electron chi connectivity index (χ3n) is 1.31. The lowest BCUT2D eigenvalue weighted by atomic mass is 10.3. The maximum absolute atomic E-state index is 5.76. The largest absolute Gasteiger partial charge is 0.276 e. The summed E-state index contributed by atoms with van der Waals surface area (Å²) in [6.45, 7) is 0. The summed E-state index contributed by atoms with van der Waals surface area (Å²) in [5.74, 6) is 0. The van der Waals surface area contributed by atoms with Gasteiger partial charge in [0.15, 0.2) is 0 Å². The fourth-order valence-electron chi connectivity index (χ4n) is 0.832. The lowest BCUT2D eigenvalue weighted by molar-refractivity contribution is 1.12. The molecular formula is C6H4ClN3. The van der Waals surface area contributed by atoms with Crippen LogP contribution in [0.5, 0.6) is 0 Å². The molecular weight excluding hydrogens is 150 g/mol. The molecule has 50 valence electrons. The molecule has 2 rings (SSSR count). The predicted molar refractivity (Wildman–Crippen MR) is 38.9 cm³/mol. The van der Waals surface area contributed by atoms with Crippen molar-refractivity contribution in [2.24, 2.45) is 0 Å². The van der Waals surface area contributed by atoms with Crippen LogP contribution in [0.15, 0.2) is 18.6 Å². The molecule has 0 radical (unpaired) electrons. The van der Waals surface area contributed by atoms with Crippen molar-refractivity contribution in [3.05, 3.63) is 23.6 Å². The smallest absolute Gasteiger partial charge is 0.0867 e. The Hall–Kier alpha value is -1.09. The van der Waals surface area contributed by atoms with E-state index in [1.807, 2.05) is 0 Å². The van der Waals surface area contributed by atoms with Gasteiger partial charge in [-0.15, -0.1) is 0 Å². The number of aromatic amines is 1. The SMILES string of the molecule is Clc1cncc2cn[nH]c12. The van der Waals surface area contributed by atoms with E-state index in [2.05, 4.69) is 15.2 Å². The number of halogens is 1. The first-order valence-corrected chi connectivity index (χ1v) is 3.18. The van der Waals surface area contributed by atoms with Crippen LogP contribution in [-0.4, -0.2) is 15.2 Å². The van der Waals surface area contributed by atoms with E-state index in [9.17, 15) is 0 Å². The van der Waals surface area contributed by atoms with E-state index in [4.69, 9.17) is 11.6 Å². The molecule has 0 aliphatic rings. The quantitative estimate of drug-likeness (QED) is 0.625. The molecule has 0 saturated heterocycles. The summed E-state index contributed by atoms with van der Waals surface area (Å²) in [5.41, 5.74) is 0.844. The van der Waals surface area contributed by atoms with Gasteiger partial charge in [0.2, 0.25) is 0 Å². The van der Waals surface area contributed by atoms with E-state index in [0.29, 0.717) is 5.02 Å². The van der Waals surface area contributed by atoms with Crippen molar-refractivity contribution in [3.8, 4) is 0 Å². The lowest BCUT2D eigenvalue weighted by Crippen LogP contribution is -1.73. The third-order valence-corrected chi connectivity index (χ3v) is 1.60. The first-order valence-electron chi connectivity index (χ1n) is 2.80. The standard InChI is InChI=1S/C6H4ClN3/c7-5-3-8-1-4-2-9-10-6(4)5/h1-3H,(H,9,10). The molecule has 0 aliphatic carbocycles. The maximum Gasteiger partial charge on any atom is 0.0867 e. The molecule has 10 heavy (non-hydrogen) atoms. The van der Waals surface area contributed by atoms with Crippen molar-refractivity contribution >= 4 is 22.5 Å². The summed E-state index contributed by atoms with van der Waals surface area (Å²) >= 11 is 5.76. The van der Waals surface area contributed by atoms with Crippen LogP contribution in [0.4, 0.5) is 0 Å². The Kier molecular flexibility index (Phi) is 1.11. The number of aromatic nitrogens is 3. The zero-order valence-electron chi connectivity index (χ0n) is 5.00. The van der Waals surface area contributed by atoms with Gasteiger partial charge in [-0.25, -0.2) is 0 Å². The zero-order valence-corrected chi connectivity index (χ0v) is 5.76. The summed E-state index contributed by atoms with van der Waals surface area (Å²) in [6, 6.07) is 0. The Morgan fingerprint density at radius 2 is 2.20 bits per heavy atom. The van der Waals surface area contributed by atoms with Crippen molar-refractivity contribution < 1.29 is 0 Å². The molecule has 1 N–H and O–H groups in total. The van der Waals surface area contributed by atoms with Gasteiger partial charge >= 0.3 is 0 Å². The van der Waals surface area contributed by atoms with Gasteiger partial charge < -0.3 is 0 Å². The number of hydrogen-bond acceptors (Lipinski definition) is 2. The first kappa shape index (κ1) is 5.68. The van der Waals surface area contributed by atoms with Gasteiger partial charge in [0.1, 0.15) is 0 Å². The second-order valence-electron chi connectivity index (χ2n) is 1.96. The number of pyridine rings is 1. The number of nitrogens with zero attached hydrogens (tertiary/aromatic N) is 2. The number of rotatable bonds is 0. The van der Waals surface area contributed by atoms with Gasteiger partial charge in [0.25, 0.3) is 0 Å². The normalized spacial score (nSPS) is 10.5. The Labute approximate surface area is 62.0 Å². The first-order chi connectivity index (χ1) is 4.88. The molecule has 0 fully saturated rings. The Bertz CT molecular complexity index is 355. The second-order valence-corrected chi connectivity index (χ2v) is 2.36. The van der Waals surface area contributed by atoms with Gasteiger partial charge in [0, 0.05) is 17.8 Å². The summed E-state index contributed by atoms with van der Waals surface area (Å²) in [7, 11) is 0. The monoisotopic (exact) mass is 153 g/mol. The van der Waals surface area contributed by atoms with E-state index in [1.165, 1.54) is 0 Å². The van der Waals surface area contributed by atoms with Crippen molar-refractivity contribution in [3.63, 3.8) is 0 Å². The summed E-state index contributed by atoms with van der Waals surface area (Å²) < 4.78 is 0. The fraction of sp³-hybridized carbons (Fsp3) is 0. The number of H-pyrrole nitrogens is 1.